The van der Waals surface area contributed by atoms with Crippen molar-refractivity contribution in [1.82, 2.24) is 0 Å². The van der Waals surface area contributed by atoms with Crippen LogP contribution in [0.4, 0.5) is 5.69 Å². The molecule has 0 spiro atoms. The van der Waals surface area contributed by atoms with Crippen molar-refractivity contribution in [2.45, 2.75) is 18.9 Å². The molecule has 3 rings (SSSR count). The van der Waals surface area contributed by atoms with E-state index in [9.17, 15) is 0 Å². The van der Waals surface area contributed by atoms with Gasteiger partial charge in [-0.05, 0) is 36.1 Å². The second kappa shape index (κ2) is 7.46. The Kier molecular flexibility index (Phi) is 4.88. The Morgan fingerprint density at radius 1 is 0.636 bits per heavy atom. The smallest absolute Gasteiger partial charge is 0.0517 e. The summed E-state index contributed by atoms with van der Waals surface area (Å²) < 4.78 is 0. The third kappa shape index (κ3) is 3.98. The molecule has 1 nitrogen and oxygen atoms in total. The number of nitrogens with one attached hydrogen (secondary N) is 1. The van der Waals surface area contributed by atoms with Gasteiger partial charge in [-0.25, -0.2) is 0 Å². The van der Waals surface area contributed by atoms with Gasteiger partial charge in [0.05, 0.1) is 6.04 Å². The van der Waals surface area contributed by atoms with E-state index in [-0.39, 0.29) is 0 Å². The third-order valence-corrected chi connectivity index (χ3v) is 3.88. The van der Waals surface area contributed by atoms with Crippen LogP contribution >= 0.6 is 0 Å². The largest absolute Gasteiger partial charge is 0.378 e. The average molecular weight is 287 g/mol. The first kappa shape index (κ1) is 14.4. The number of aryl methyl sites for hydroxylation is 1. The summed E-state index contributed by atoms with van der Waals surface area (Å²) in [7, 11) is 0. The highest BCUT2D eigenvalue weighted by molar-refractivity contribution is 5.45. The Labute approximate surface area is 132 Å². The highest BCUT2D eigenvalue weighted by Gasteiger charge is 2.11. The fourth-order valence-electron chi connectivity index (χ4n) is 2.70. The Morgan fingerprint density at radius 2 is 1.18 bits per heavy atom. The molecule has 110 valence electrons. The van der Waals surface area contributed by atoms with Crippen molar-refractivity contribution >= 4 is 5.69 Å². The molecule has 0 aromatic heterocycles. The van der Waals surface area contributed by atoms with Gasteiger partial charge in [0.2, 0.25) is 0 Å². The average Bonchev–Trinajstić information content (AvgIpc) is 2.61. The van der Waals surface area contributed by atoms with Gasteiger partial charge in [0, 0.05) is 5.69 Å². The van der Waals surface area contributed by atoms with Crippen molar-refractivity contribution in [2.24, 2.45) is 0 Å². The summed E-state index contributed by atoms with van der Waals surface area (Å²) in [6.07, 6.45) is 2.14. The first-order valence-electron chi connectivity index (χ1n) is 7.82. The zero-order valence-electron chi connectivity index (χ0n) is 12.7. The fraction of sp³-hybridized carbons (Fsp3) is 0.143. The minimum absolute atomic E-state index is 0.323. The topological polar surface area (TPSA) is 12.0 Å². The van der Waals surface area contributed by atoms with Gasteiger partial charge < -0.3 is 5.32 Å². The van der Waals surface area contributed by atoms with E-state index >= 15 is 0 Å². The lowest BCUT2D eigenvalue weighted by atomic mass is 9.98. The van der Waals surface area contributed by atoms with Crippen LogP contribution in [-0.2, 0) is 6.42 Å². The second-order valence-electron chi connectivity index (χ2n) is 5.50. The van der Waals surface area contributed by atoms with Crippen LogP contribution in [0.15, 0.2) is 91.0 Å². The molecule has 22 heavy (non-hydrogen) atoms. The van der Waals surface area contributed by atoms with Gasteiger partial charge in [-0.3, -0.25) is 0 Å². The van der Waals surface area contributed by atoms with Crippen LogP contribution in [0.25, 0.3) is 0 Å². The molecule has 3 aromatic rings. The molecule has 0 saturated carbocycles. The molecule has 0 saturated heterocycles. The van der Waals surface area contributed by atoms with E-state index in [0.29, 0.717) is 6.04 Å². The molecule has 0 amide bonds. The van der Waals surface area contributed by atoms with Crippen LogP contribution in [-0.4, -0.2) is 0 Å². The summed E-state index contributed by atoms with van der Waals surface area (Å²) in [6.45, 7) is 0. The van der Waals surface area contributed by atoms with Crippen LogP contribution < -0.4 is 5.32 Å². The Hall–Kier alpha value is -2.54. The van der Waals surface area contributed by atoms with Gasteiger partial charge in [-0.2, -0.15) is 0 Å². The lowest BCUT2D eigenvalue weighted by Crippen LogP contribution is -2.11. The van der Waals surface area contributed by atoms with E-state index in [1.165, 1.54) is 16.8 Å². The SMILES string of the molecule is c1ccc(CC[C@@H](Nc2ccccc2)c2ccccc2)cc1. The summed E-state index contributed by atoms with van der Waals surface area (Å²) >= 11 is 0. The maximum absolute atomic E-state index is 3.67. The van der Waals surface area contributed by atoms with Crippen molar-refractivity contribution in [3.8, 4) is 0 Å². The van der Waals surface area contributed by atoms with E-state index in [4.69, 9.17) is 0 Å². The molecule has 0 unspecified atom stereocenters. The molecular weight excluding hydrogens is 266 g/mol. The summed E-state index contributed by atoms with van der Waals surface area (Å²) in [5.74, 6) is 0. The van der Waals surface area contributed by atoms with Crippen molar-refractivity contribution < 1.29 is 0 Å². The maximum Gasteiger partial charge on any atom is 0.0517 e. The zero-order valence-corrected chi connectivity index (χ0v) is 12.7. The lowest BCUT2D eigenvalue weighted by molar-refractivity contribution is 0.693. The lowest BCUT2D eigenvalue weighted by Gasteiger charge is -2.20. The molecule has 3 aromatic carbocycles. The molecule has 0 aliphatic rings. The summed E-state index contributed by atoms with van der Waals surface area (Å²) in [4.78, 5) is 0. The van der Waals surface area contributed by atoms with Gasteiger partial charge in [-0.15, -0.1) is 0 Å². The van der Waals surface area contributed by atoms with Crippen LogP contribution in [0.1, 0.15) is 23.6 Å². The Balaban J connectivity index is 1.74. The zero-order chi connectivity index (χ0) is 15.0. The monoisotopic (exact) mass is 287 g/mol. The first-order valence-corrected chi connectivity index (χ1v) is 7.82. The van der Waals surface area contributed by atoms with Crippen LogP contribution in [0, 0.1) is 0 Å². The molecule has 1 N–H and O–H groups in total. The Bertz CT molecular complexity index is 662. The first-order chi connectivity index (χ1) is 10.9. The van der Waals surface area contributed by atoms with Gasteiger partial charge >= 0.3 is 0 Å². The fourth-order valence-corrected chi connectivity index (χ4v) is 2.70. The molecule has 0 aliphatic carbocycles. The number of hydrogen-bond acceptors (Lipinski definition) is 1. The minimum Gasteiger partial charge on any atom is -0.378 e. The Morgan fingerprint density at radius 3 is 1.82 bits per heavy atom. The van der Waals surface area contributed by atoms with Crippen molar-refractivity contribution in [3.05, 3.63) is 102 Å². The van der Waals surface area contributed by atoms with E-state index in [1.54, 1.807) is 0 Å². The summed E-state index contributed by atoms with van der Waals surface area (Å²) in [6, 6.07) is 32.1. The second-order valence-corrected chi connectivity index (χ2v) is 5.50. The van der Waals surface area contributed by atoms with Crippen LogP contribution in [0.3, 0.4) is 0 Å². The van der Waals surface area contributed by atoms with Crippen molar-refractivity contribution in [1.29, 1.82) is 0 Å². The molecule has 0 radical (unpaired) electrons. The molecule has 0 bridgehead atoms. The number of hydrogen-bond donors (Lipinski definition) is 1. The van der Waals surface area contributed by atoms with E-state index in [0.717, 1.165) is 12.8 Å². The minimum atomic E-state index is 0.323. The van der Waals surface area contributed by atoms with Gasteiger partial charge in [0.25, 0.3) is 0 Å². The molecule has 0 heterocycles. The van der Waals surface area contributed by atoms with Crippen LogP contribution in [0.2, 0.25) is 0 Å². The highest BCUT2D eigenvalue weighted by atomic mass is 14.9. The molecule has 0 aliphatic heterocycles. The van der Waals surface area contributed by atoms with E-state index in [2.05, 4.69) is 90.2 Å². The number of benzene rings is 3. The maximum atomic E-state index is 3.67. The van der Waals surface area contributed by atoms with Crippen molar-refractivity contribution in [3.63, 3.8) is 0 Å². The number of rotatable bonds is 6. The van der Waals surface area contributed by atoms with Gasteiger partial charge in [-0.1, -0.05) is 78.9 Å². The highest BCUT2D eigenvalue weighted by Crippen LogP contribution is 2.24. The predicted octanol–water partition coefficient (Wildman–Crippen LogP) is 5.47. The van der Waals surface area contributed by atoms with E-state index in [1.807, 2.05) is 6.07 Å². The standard InChI is InChI=1S/C21H21N/c1-4-10-18(11-5-1)16-17-21(19-12-6-2-7-13-19)22-20-14-8-3-9-15-20/h1-15,21-22H,16-17H2/t21-/m1/s1. The normalized spacial score (nSPS) is 11.8. The van der Waals surface area contributed by atoms with Crippen LogP contribution in [0.5, 0.6) is 0 Å². The quantitative estimate of drug-likeness (QED) is 0.633. The molecular formula is C21H21N. The van der Waals surface area contributed by atoms with Gasteiger partial charge in [0.15, 0.2) is 0 Å². The molecule has 1 heteroatoms. The van der Waals surface area contributed by atoms with Gasteiger partial charge in [0.1, 0.15) is 0 Å². The van der Waals surface area contributed by atoms with Crippen molar-refractivity contribution in [2.75, 3.05) is 5.32 Å². The summed E-state index contributed by atoms with van der Waals surface area (Å²) in [5.41, 5.74) is 3.89. The molecule has 0 fully saturated rings. The predicted molar refractivity (Wildman–Crippen MR) is 94.0 cm³/mol. The van der Waals surface area contributed by atoms with E-state index < -0.39 is 0 Å². The number of anilines is 1. The summed E-state index contributed by atoms with van der Waals surface area (Å²) in [5, 5.41) is 3.67. The third-order valence-electron chi connectivity index (χ3n) is 3.88. The molecule has 1 atom stereocenters. The number of para-hydroxylation sites is 1.